The molecule has 0 saturated heterocycles. The summed E-state index contributed by atoms with van der Waals surface area (Å²) in [5.41, 5.74) is 0.272. The van der Waals surface area contributed by atoms with Gasteiger partial charge in [0.1, 0.15) is 5.76 Å². The maximum Gasteiger partial charge on any atom is 0.263 e. The van der Waals surface area contributed by atoms with Gasteiger partial charge in [0.05, 0.1) is 16.5 Å². The van der Waals surface area contributed by atoms with Gasteiger partial charge in [-0.1, -0.05) is 11.2 Å². The lowest BCUT2D eigenvalue weighted by atomic mass is 10.2. The van der Waals surface area contributed by atoms with Crippen LogP contribution < -0.4 is 4.72 Å². The fourth-order valence-electron chi connectivity index (χ4n) is 1.34. The van der Waals surface area contributed by atoms with E-state index in [4.69, 9.17) is 9.78 Å². The van der Waals surface area contributed by atoms with Crippen LogP contribution in [0.25, 0.3) is 0 Å². The highest BCUT2D eigenvalue weighted by Gasteiger charge is 2.16. The van der Waals surface area contributed by atoms with E-state index < -0.39 is 10.0 Å². The zero-order valence-corrected chi connectivity index (χ0v) is 10.2. The summed E-state index contributed by atoms with van der Waals surface area (Å²) in [5.74, 6) is 0.605. The van der Waals surface area contributed by atoms with Gasteiger partial charge in [0.25, 0.3) is 10.0 Å². The molecule has 0 atom stereocenters. The minimum Gasteiger partial charge on any atom is -0.360 e. The van der Waals surface area contributed by atoms with Crippen molar-refractivity contribution in [1.82, 2.24) is 5.16 Å². The molecule has 0 aliphatic carbocycles. The van der Waals surface area contributed by atoms with Crippen molar-refractivity contribution in [3.05, 3.63) is 41.7 Å². The van der Waals surface area contributed by atoms with Crippen LogP contribution in [-0.2, 0) is 10.0 Å². The largest absolute Gasteiger partial charge is 0.360 e. The number of nitrogens with zero attached hydrogens (tertiary/aromatic N) is 2. The molecule has 7 heteroatoms. The number of anilines is 1. The van der Waals surface area contributed by atoms with E-state index in [-0.39, 0.29) is 16.3 Å². The summed E-state index contributed by atoms with van der Waals surface area (Å²) in [4.78, 5) is 0.00204. The first-order valence-electron chi connectivity index (χ1n) is 4.97. The van der Waals surface area contributed by atoms with Crippen molar-refractivity contribution in [1.29, 1.82) is 5.26 Å². The third-order valence-electron chi connectivity index (χ3n) is 2.14. The molecule has 0 spiro atoms. The first-order chi connectivity index (χ1) is 8.51. The molecule has 2 aromatic rings. The summed E-state index contributed by atoms with van der Waals surface area (Å²) >= 11 is 0. The van der Waals surface area contributed by atoms with Crippen molar-refractivity contribution in [3.63, 3.8) is 0 Å². The molecule has 0 bridgehead atoms. The van der Waals surface area contributed by atoms with E-state index in [9.17, 15) is 8.42 Å². The average Bonchev–Trinajstić information content (AvgIpc) is 2.74. The lowest BCUT2D eigenvalue weighted by Crippen LogP contribution is -2.13. The lowest BCUT2D eigenvalue weighted by Gasteiger charge is -2.04. The normalized spacial score (nSPS) is 10.9. The van der Waals surface area contributed by atoms with Crippen molar-refractivity contribution in [2.45, 2.75) is 11.8 Å². The van der Waals surface area contributed by atoms with E-state index in [0.717, 1.165) is 0 Å². The third-order valence-corrected chi connectivity index (χ3v) is 3.49. The number of rotatable bonds is 3. The van der Waals surface area contributed by atoms with Gasteiger partial charge in [0.2, 0.25) is 0 Å². The number of hydrogen-bond acceptors (Lipinski definition) is 5. The summed E-state index contributed by atoms with van der Waals surface area (Å²) in [5, 5.41) is 12.3. The van der Waals surface area contributed by atoms with Gasteiger partial charge < -0.3 is 4.52 Å². The SMILES string of the molecule is Cc1cc(NS(=O)(=O)c2cccc(C#N)c2)no1. The van der Waals surface area contributed by atoms with E-state index in [2.05, 4.69) is 9.88 Å². The molecular weight excluding hydrogens is 254 g/mol. The number of nitriles is 1. The van der Waals surface area contributed by atoms with E-state index in [1.807, 2.05) is 6.07 Å². The van der Waals surface area contributed by atoms with Crippen LogP contribution in [0.2, 0.25) is 0 Å². The molecule has 0 amide bonds. The van der Waals surface area contributed by atoms with Gasteiger partial charge in [-0.3, -0.25) is 4.72 Å². The number of benzene rings is 1. The molecule has 1 N–H and O–H groups in total. The lowest BCUT2D eigenvalue weighted by molar-refractivity contribution is 0.400. The Kier molecular flexibility index (Phi) is 3.04. The molecule has 0 fully saturated rings. The van der Waals surface area contributed by atoms with Crippen molar-refractivity contribution >= 4 is 15.8 Å². The summed E-state index contributed by atoms with van der Waals surface area (Å²) < 4.78 is 31.0. The highest BCUT2D eigenvalue weighted by atomic mass is 32.2. The number of sulfonamides is 1. The van der Waals surface area contributed by atoms with Gasteiger partial charge in [-0.2, -0.15) is 5.26 Å². The average molecular weight is 263 g/mol. The van der Waals surface area contributed by atoms with E-state index in [1.54, 1.807) is 6.92 Å². The van der Waals surface area contributed by atoms with E-state index >= 15 is 0 Å². The van der Waals surface area contributed by atoms with Crippen LogP contribution in [0.5, 0.6) is 0 Å². The molecular formula is C11H9N3O3S. The van der Waals surface area contributed by atoms with Crippen LogP contribution in [-0.4, -0.2) is 13.6 Å². The molecule has 18 heavy (non-hydrogen) atoms. The fourth-order valence-corrected chi connectivity index (χ4v) is 2.37. The number of aryl methyl sites for hydroxylation is 1. The van der Waals surface area contributed by atoms with Gasteiger partial charge in [-0.05, 0) is 25.1 Å². The Morgan fingerprint density at radius 3 is 2.78 bits per heavy atom. The van der Waals surface area contributed by atoms with Crippen molar-refractivity contribution in [2.24, 2.45) is 0 Å². The molecule has 0 unspecified atom stereocenters. The molecule has 2 rings (SSSR count). The second kappa shape index (κ2) is 4.50. The maximum absolute atomic E-state index is 12.0. The fraction of sp³-hybridized carbons (Fsp3) is 0.0909. The monoisotopic (exact) mass is 263 g/mol. The van der Waals surface area contributed by atoms with Crippen LogP contribution >= 0.6 is 0 Å². The Bertz CT molecular complexity index is 713. The Balaban J connectivity index is 2.34. The molecule has 6 nitrogen and oxygen atoms in total. The minimum absolute atomic E-state index is 0.00204. The van der Waals surface area contributed by atoms with Crippen LogP contribution in [0.15, 0.2) is 39.8 Å². The molecule has 0 radical (unpaired) electrons. The van der Waals surface area contributed by atoms with Crippen LogP contribution in [0.1, 0.15) is 11.3 Å². The van der Waals surface area contributed by atoms with Crippen LogP contribution in [0.4, 0.5) is 5.82 Å². The second-order valence-electron chi connectivity index (χ2n) is 3.57. The van der Waals surface area contributed by atoms with Gasteiger partial charge >= 0.3 is 0 Å². The first kappa shape index (κ1) is 12.1. The zero-order valence-electron chi connectivity index (χ0n) is 9.41. The minimum atomic E-state index is -3.76. The Hall–Kier alpha value is -2.33. The molecule has 1 aromatic carbocycles. The topological polar surface area (TPSA) is 96.0 Å². The highest BCUT2D eigenvalue weighted by Crippen LogP contribution is 2.16. The first-order valence-corrected chi connectivity index (χ1v) is 6.46. The zero-order chi connectivity index (χ0) is 13.2. The summed E-state index contributed by atoms with van der Waals surface area (Å²) in [6.07, 6.45) is 0. The quantitative estimate of drug-likeness (QED) is 0.908. The molecule has 0 aliphatic heterocycles. The van der Waals surface area contributed by atoms with Crippen LogP contribution in [0, 0.1) is 18.3 Å². The van der Waals surface area contributed by atoms with E-state index in [0.29, 0.717) is 5.76 Å². The highest BCUT2D eigenvalue weighted by molar-refractivity contribution is 7.92. The second-order valence-corrected chi connectivity index (χ2v) is 5.25. The smallest absolute Gasteiger partial charge is 0.263 e. The Morgan fingerprint density at radius 1 is 1.39 bits per heavy atom. The molecule has 0 saturated carbocycles. The van der Waals surface area contributed by atoms with Gasteiger partial charge in [0, 0.05) is 6.07 Å². The van der Waals surface area contributed by atoms with Gasteiger partial charge in [-0.15, -0.1) is 0 Å². The number of hydrogen-bond donors (Lipinski definition) is 1. The Labute approximate surface area is 104 Å². The van der Waals surface area contributed by atoms with Crippen LogP contribution in [0.3, 0.4) is 0 Å². The molecule has 1 heterocycles. The predicted molar refractivity (Wildman–Crippen MR) is 63.2 cm³/mol. The Morgan fingerprint density at radius 2 is 2.17 bits per heavy atom. The summed E-state index contributed by atoms with van der Waals surface area (Å²) in [6, 6.07) is 9.06. The molecule has 1 aromatic heterocycles. The molecule has 0 aliphatic rings. The molecule has 92 valence electrons. The third kappa shape index (κ3) is 2.49. The van der Waals surface area contributed by atoms with Crippen molar-refractivity contribution < 1.29 is 12.9 Å². The van der Waals surface area contributed by atoms with Gasteiger partial charge in [0.15, 0.2) is 5.82 Å². The number of aromatic nitrogens is 1. The van der Waals surface area contributed by atoms with Gasteiger partial charge in [-0.25, -0.2) is 8.42 Å². The summed E-state index contributed by atoms with van der Waals surface area (Å²) in [7, 11) is -3.76. The predicted octanol–water partition coefficient (Wildman–Crippen LogP) is 1.66. The standard InChI is InChI=1S/C11H9N3O3S/c1-8-5-11(13-17-8)14-18(15,16)10-4-2-3-9(6-10)7-12/h2-6H,1H3,(H,13,14). The summed E-state index contributed by atoms with van der Waals surface area (Å²) in [6.45, 7) is 1.65. The van der Waals surface area contributed by atoms with Crippen molar-refractivity contribution in [3.8, 4) is 6.07 Å². The maximum atomic E-state index is 12.0. The number of nitrogens with one attached hydrogen (secondary N) is 1. The van der Waals surface area contributed by atoms with Crippen molar-refractivity contribution in [2.75, 3.05) is 4.72 Å². The van der Waals surface area contributed by atoms with E-state index in [1.165, 1.54) is 30.3 Å².